The Kier molecular flexibility index (Phi) is 16.0. The van der Waals surface area contributed by atoms with Gasteiger partial charge in [0.25, 0.3) is 0 Å². The van der Waals surface area contributed by atoms with Gasteiger partial charge in [-0.05, 0) is 129 Å². The summed E-state index contributed by atoms with van der Waals surface area (Å²) in [7, 11) is 0. The van der Waals surface area contributed by atoms with E-state index in [1.807, 2.05) is 0 Å². The molecule has 0 aromatic heterocycles. The molecule has 2 aliphatic carbocycles. The average molecular weight is 759 g/mol. The van der Waals surface area contributed by atoms with Crippen molar-refractivity contribution in [2.75, 3.05) is 13.2 Å². The predicted octanol–water partition coefficient (Wildman–Crippen LogP) is 10.1. The van der Waals surface area contributed by atoms with Gasteiger partial charge < -0.3 is 9.47 Å². The van der Waals surface area contributed by atoms with E-state index < -0.39 is 5.97 Å². The number of unbranched alkanes of at least 4 members (excludes halogenated alkanes) is 3. The van der Waals surface area contributed by atoms with Crippen LogP contribution in [0.2, 0.25) is 4.43 Å². The van der Waals surface area contributed by atoms with Crippen LogP contribution in [-0.2, 0) is 35.7 Å². The molecule has 0 radical (unpaired) electrons. The molecular weight excluding hydrogens is 707 g/mol. The Labute approximate surface area is 271 Å². The molecule has 2 aromatic rings. The molecule has 0 saturated heterocycles. The number of nitriles is 1. The number of ether oxygens (including phenoxy) is 2. The van der Waals surface area contributed by atoms with E-state index in [4.69, 9.17) is 14.7 Å². The molecule has 0 aliphatic heterocycles. The van der Waals surface area contributed by atoms with Crippen molar-refractivity contribution in [3.05, 3.63) is 53.6 Å². The average Bonchev–Trinajstić information content (AvgIpc) is 3.04. The van der Waals surface area contributed by atoms with Crippen LogP contribution in [0.4, 0.5) is 0 Å². The molecule has 0 spiro atoms. The van der Waals surface area contributed by atoms with Crippen LogP contribution >= 0.6 is 0 Å². The molecule has 0 atom stereocenters. The fourth-order valence-electron chi connectivity index (χ4n) is 7.26. The van der Waals surface area contributed by atoms with Crippen LogP contribution in [0.15, 0.2) is 42.5 Å². The molecule has 225 valence electrons. The molecule has 0 heterocycles. The van der Waals surface area contributed by atoms with Gasteiger partial charge in [-0.15, -0.1) is 0 Å². The number of nitrogens with zero attached hydrogens (tertiary/aromatic N) is 1. The fraction of sp³-hybridized carbons (Fsp3) is 0.622. The van der Waals surface area contributed by atoms with E-state index in [1.54, 1.807) is 5.56 Å². The van der Waals surface area contributed by atoms with Crippen molar-refractivity contribution in [1.29, 1.82) is 5.26 Å². The van der Waals surface area contributed by atoms with Gasteiger partial charge in [0.2, 0.25) is 0 Å². The molecule has 2 saturated carbocycles. The number of hydrogen-bond donors (Lipinski definition) is 0. The second-order valence-corrected chi connectivity index (χ2v) is 12.3. The molecule has 2 aromatic carbocycles. The van der Waals surface area contributed by atoms with Crippen molar-refractivity contribution in [2.45, 2.75) is 114 Å². The van der Waals surface area contributed by atoms with Crippen LogP contribution in [0.25, 0.3) is 11.1 Å². The van der Waals surface area contributed by atoms with E-state index in [0.717, 1.165) is 81.2 Å². The van der Waals surface area contributed by atoms with E-state index in [9.17, 15) is 4.79 Å². The van der Waals surface area contributed by atoms with Gasteiger partial charge in [0.05, 0.1) is 13.2 Å². The first-order valence-corrected chi connectivity index (χ1v) is 22.2. The number of aryl methyl sites for hydroxylation is 1. The van der Waals surface area contributed by atoms with Crippen molar-refractivity contribution in [2.24, 2.45) is 17.8 Å². The standard InChI is InChI=1S/C36H49NO3.CH3.Hg/c1-3-8-28-9-11-29(12-10-28)30-13-15-32(16-14-30)35-22-19-33(25-27(35)2)31-17-20-34(21-18-31)39-23-6-4-5-7-24-40-36(38)26-37;;/h17-22,25,28-30,32H,3-16,23-24H2,1-2H3;1H3;. The van der Waals surface area contributed by atoms with Crippen molar-refractivity contribution >= 4 is 5.97 Å². The van der Waals surface area contributed by atoms with Crippen LogP contribution in [0.3, 0.4) is 0 Å². The van der Waals surface area contributed by atoms with Crippen molar-refractivity contribution < 1.29 is 40.4 Å². The van der Waals surface area contributed by atoms with Crippen LogP contribution < -0.4 is 4.74 Å². The number of benzene rings is 2. The molecule has 0 N–H and O–H groups in total. The van der Waals surface area contributed by atoms with Crippen LogP contribution in [0.1, 0.15) is 114 Å². The molecule has 2 fully saturated rings. The van der Waals surface area contributed by atoms with Crippen molar-refractivity contribution in [3.8, 4) is 22.9 Å². The summed E-state index contributed by atoms with van der Waals surface area (Å²) in [6.07, 6.45) is 18.0. The quantitative estimate of drug-likeness (QED) is 0.0884. The fourth-order valence-corrected chi connectivity index (χ4v) is 7.26. The van der Waals surface area contributed by atoms with Gasteiger partial charge in [-0.2, -0.15) is 5.26 Å². The molecule has 2 aliphatic rings. The monoisotopic (exact) mass is 760 g/mol. The summed E-state index contributed by atoms with van der Waals surface area (Å²) < 4.78 is 12.9. The first-order valence-electron chi connectivity index (χ1n) is 16.7. The van der Waals surface area contributed by atoms with Crippen molar-refractivity contribution in [1.82, 2.24) is 0 Å². The Morgan fingerprint density at radius 2 is 1.43 bits per heavy atom. The molecule has 0 unspecified atom stereocenters. The second-order valence-electron chi connectivity index (χ2n) is 12.3. The Morgan fingerprint density at radius 1 is 0.833 bits per heavy atom. The minimum absolute atomic E-state index is 0.316. The van der Waals surface area contributed by atoms with Crippen LogP contribution in [0, 0.1) is 36.0 Å². The molecular formula is C37H52HgNO3. The molecule has 4 rings (SSSR count). The van der Waals surface area contributed by atoms with Gasteiger partial charge in [0.15, 0.2) is 6.07 Å². The van der Waals surface area contributed by atoms with Gasteiger partial charge in [-0.25, -0.2) is 4.79 Å². The maximum atomic E-state index is 10.8. The van der Waals surface area contributed by atoms with E-state index in [1.165, 1.54) is 87.0 Å². The first kappa shape index (κ1) is 34.6. The molecule has 42 heavy (non-hydrogen) atoms. The SMILES string of the molecule is CCCC1CCC(C2CCC(c3ccc(-c4ccc(OCCCCCCOC(=O)C#N)cc4)cc3C)CC2)CC1.[CH3][Hg]. The third-order valence-corrected chi connectivity index (χ3v) is 9.56. The van der Waals surface area contributed by atoms with Gasteiger partial charge >= 0.3 is 36.5 Å². The normalized spacial score (nSPS) is 21.9. The predicted molar refractivity (Wildman–Crippen MR) is 168 cm³/mol. The van der Waals surface area contributed by atoms with Gasteiger partial charge in [0, 0.05) is 0 Å². The number of rotatable bonds is 13. The summed E-state index contributed by atoms with van der Waals surface area (Å²) >= 11 is 1.03. The van der Waals surface area contributed by atoms with Crippen LogP contribution in [0.5, 0.6) is 5.75 Å². The second kappa shape index (κ2) is 19.4. The number of esters is 1. The van der Waals surface area contributed by atoms with Crippen LogP contribution in [-0.4, -0.2) is 19.2 Å². The van der Waals surface area contributed by atoms with E-state index in [0.29, 0.717) is 13.2 Å². The van der Waals surface area contributed by atoms with Gasteiger partial charge in [-0.3, -0.25) is 0 Å². The summed E-state index contributed by atoms with van der Waals surface area (Å²) in [5.41, 5.74) is 5.51. The van der Waals surface area contributed by atoms with Gasteiger partial charge in [-0.1, -0.05) is 62.9 Å². The van der Waals surface area contributed by atoms with Crippen molar-refractivity contribution in [3.63, 3.8) is 0 Å². The number of hydrogen-bond acceptors (Lipinski definition) is 4. The summed E-state index contributed by atoms with van der Waals surface area (Å²) in [4.78, 5) is 10.8. The first-order chi connectivity index (χ1) is 20.6. The summed E-state index contributed by atoms with van der Waals surface area (Å²) in [5.74, 6) is 3.81. The molecule has 0 amide bonds. The molecule has 4 nitrogen and oxygen atoms in total. The van der Waals surface area contributed by atoms with E-state index in [2.05, 4.69) is 60.7 Å². The molecule has 0 bridgehead atoms. The Morgan fingerprint density at radius 3 is 2.02 bits per heavy atom. The van der Waals surface area contributed by atoms with E-state index >= 15 is 0 Å². The molecule has 5 heteroatoms. The zero-order chi connectivity index (χ0) is 30.2. The maximum absolute atomic E-state index is 10.8. The Balaban J connectivity index is 0.00000237. The number of carbonyl (C=O) groups excluding carboxylic acids is 1. The Bertz CT molecular complexity index is 1090. The summed E-state index contributed by atoms with van der Waals surface area (Å²) in [6.45, 7) is 5.63. The zero-order valence-corrected chi connectivity index (χ0v) is 32.0. The Hall–Kier alpha value is -1.86. The zero-order valence-electron chi connectivity index (χ0n) is 26.5. The van der Waals surface area contributed by atoms with E-state index in [-0.39, 0.29) is 0 Å². The number of carbonyl (C=O) groups is 1. The summed E-state index contributed by atoms with van der Waals surface area (Å²) in [5, 5.41) is 8.39. The topological polar surface area (TPSA) is 59.3 Å². The third kappa shape index (κ3) is 11.0. The van der Waals surface area contributed by atoms with Gasteiger partial charge in [0.1, 0.15) is 5.75 Å². The minimum atomic E-state index is -0.801. The summed E-state index contributed by atoms with van der Waals surface area (Å²) in [6, 6.07) is 17.0. The third-order valence-electron chi connectivity index (χ3n) is 9.56.